The van der Waals surface area contributed by atoms with Crippen LogP contribution in [0.5, 0.6) is 11.5 Å². The smallest absolute Gasteiger partial charge is 0.339 e. The van der Waals surface area contributed by atoms with E-state index in [1.54, 1.807) is 61.8 Å². The second kappa shape index (κ2) is 49.5. The second-order valence-corrected chi connectivity index (χ2v) is 24.6. The summed E-state index contributed by atoms with van der Waals surface area (Å²) >= 11 is 7.58. The van der Waals surface area contributed by atoms with E-state index < -0.39 is 76.2 Å². The molecule has 51 heteroatoms. The monoisotopic (exact) mass is 1700 g/mol. The Kier molecular flexibility index (Phi) is 42.3. The second-order valence-electron chi connectivity index (χ2n) is 19.1. The highest BCUT2D eigenvalue weighted by atomic mass is 32.2. The standard InChI is InChI=1S/C14H12N2O6S.6C8H8N2O4S/c1-20-11-5-3-4-6-12(11)22-23-13-10(16(18)19)7-9(8-15-13)14(17)21-2;6*1-14-8(11)5-3-6(10(12)13)7(15-2)9-4-5/h3-8H,1-2H3;6*3-4H,1-2H3. The Morgan fingerprint density at radius 2 is 0.434 bits per heavy atom. The topological polar surface area (TPSA) is 595 Å². The van der Waals surface area contributed by atoms with E-state index in [4.69, 9.17) is 8.92 Å². The summed E-state index contributed by atoms with van der Waals surface area (Å²) < 4.78 is 41.7. The average Bonchev–Trinajstić information content (AvgIpc) is 0.844. The number of rotatable bonds is 24. The summed E-state index contributed by atoms with van der Waals surface area (Å²) in [5.41, 5.74) is -1.08. The summed E-state index contributed by atoms with van der Waals surface area (Å²) in [7, 11) is 9.90. The van der Waals surface area contributed by atoms with Gasteiger partial charge in [0.25, 0.3) is 0 Å². The van der Waals surface area contributed by atoms with Gasteiger partial charge in [0.05, 0.1) is 130 Å². The highest BCUT2D eigenvalue weighted by Crippen LogP contribution is 2.36. The highest BCUT2D eigenvalue weighted by Gasteiger charge is 2.26. The molecule has 113 heavy (non-hydrogen) atoms. The van der Waals surface area contributed by atoms with Gasteiger partial charge in [0.2, 0.25) is 5.03 Å². The van der Waals surface area contributed by atoms with Crippen LogP contribution in [0.4, 0.5) is 39.8 Å². The lowest BCUT2D eigenvalue weighted by atomic mass is 10.3. The molecule has 7 aromatic heterocycles. The first-order valence-electron chi connectivity index (χ1n) is 29.5. The van der Waals surface area contributed by atoms with Gasteiger partial charge in [-0.3, -0.25) is 70.8 Å². The van der Waals surface area contributed by atoms with Gasteiger partial charge in [-0.1, -0.05) is 12.1 Å². The first-order valence-corrected chi connectivity index (χ1v) is 37.6. The number of hydrogen-bond acceptors (Lipinski definition) is 44. The molecule has 0 saturated heterocycles. The molecule has 600 valence electrons. The zero-order valence-corrected chi connectivity index (χ0v) is 66.5. The van der Waals surface area contributed by atoms with E-state index in [2.05, 4.69) is 68.0 Å². The number of carbonyl (C=O) groups is 7. The molecule has 1 aromatic carbocycles. The molecular weight excluding hydrogens is 1650 g/mol. The number of nitro groups is 7. The third kappa shape index (κ3) is 29.6. The number of aromatic nitrogens is 7. The minimum atomic E-state index is -0.706. The number of para-hydroxylation sites is 2. The fourth-order valence-corrected chi connectivity index (χ4v) is 11.0. The molecule has 0 saturated carbocycles. The molecular formula is C62H60N14O30S7. The van der Waals surface area contributed by atoms with Crippen molar-refractivity contribution in [3.63, 3.8) is 0 Å². The van der Waals surface area contributed by atoms with Gasteiger partial charge >= 0.3 is 81.6 Å². The van der Waals surface area contributed by atoms with Crippen molar-refractivity contribution in [2.75, 3.05) is 94.4 Å². The largest absolute Gasteiger partial charge is 0.493 e. The molecule has 0 bridgehead atoms. The van der Waals surface area contributed by atoms with Crippen molar-refractivity contribution in [2.45, 2.75) is 35.2 Å². The normalized spacial score (nSPS) is 9.79. The lowest BCUT2D eigenvalue weighted by molar-refractivity contribution is -0.388. The van der Waals surface area contributed by atoms with Crippen LogP contribution in [-0.4, -0.2) is 206 Å². The van der Waals surface area contributed by atoms with Crippen LogP contribution in [-0.2, 0) is 33.2 Å². The van der Waals surface area contributed by atoms with Crippen LogP contribution in [0, 0.1) is 70.8 Å². The van der Waals surface area contributed by atoms with Crippen LogP contribution in [0.1, 0.15) is 72.5 Å². The van der Waals surface area contributed by atoms with E-state index in [-0.39, 0.29) is 114 Å². The summed E-state index contributed by atoms with van der Waals surface area (Å²) in [4.78, 5) is 176. The van der Waals surface area contributed by atoms with Gasteiger partial charge < -0.3 is 42.1 Å². The molecule has 44 nitrogen and oxygen atoms in total. The van der Waals surface area contributed by atoms with Crippen molar-refractivity contribution in [3.05, 3.63) is 220 Å². The number of methoxy groups -OCH3 is 8. The Labute approximate surface area is 666 Å². The average molecular weight is 1710 g/mol. The lowest BCUT2D eigenvalue weighted by Crippen LogP contribution is -2.04. The molecule has 0 unspecified atom stereocenters. The summed E-state index contributed by atoms with van der Waals surface area (Å²) in [6, 6.07) is 14.9. The van der Waals surface area contributed by atoms with Gasteiger partial charge in [-0.25, -0.2) is 68.4 Å². The number of carbonyl (C=O) groups excluding carboxylic acids is 7. The Bertz CT molecular complexity index is 4220. The highest BCUT2D eigenvalue weighted by molar-refractivity contribution is 7.99. The van der Waals surface area contributed by atoms with Crippen molar-refractivity contribution < 1.29 is 110 Å². The number of benzene rings is 1. The summed E-state index contributed by atoms with van der Waals surface area (Å²) in [5, 5.41) is 76.6. The van der Waals surface area contributed by atoms with Crippen molar-refractivity contribution in [3.8, 4) is 11.5 Å². The molecule has 0 radical (unpaired) electrons. The molecule has 0 N–H and O–H groups in total. The van der Waals surface area contributed by atoms with Crippen LogP contribution < -0.4 is 8.92 Å². The Morgan fingerprint density at radius 3 is 0.584 bits per heavy atom. The van der Waals surface area contributed by atoms with Crippen LogP contribution in [0.2, 0.25) is 0 Å². The zero-order valence-electron chi connectivity index (χ0n) is 60.8. The van der Waals surface area contributed by atoms with Crippen molar-refractivity contribution >= 4 is 164 Å². The first-order chi connectivity index (χ1) is 53.6. The molecule has 0 spiro atoms. The number of ether oxygens (including phenoxy) is 8. The van der Waals surface area contributed by atoms with E-state index in [1.165, 1.54) is 100 Å². The summed E-state index contributed by atoms with van der Waals surface area (Å²) in [6.07, 6.45) is 18.8. The molecule has 0 fully saturated rings. The molecule has 8 rings (SSSR count). The van der Waals surface area contributed by atoms with Gasteiger partial charge in [-0.15, -0.1) is 70.6 Å². The Morgan fingerprint density at radius 1 is 0.274 bits per heavy atom. The molecule has 7 heterocycles. The van der Waals surface area contributed by atoms with Gasteiger partial charge in [0, 0.05) is 85.8 Å². The molecule has 0 aliphatic carbocycles. The minimum Gasteiger partial charge on any atom is -0.493 e. The van der Waals surface area contributed by atoms with Crippen LogP contribution in [0.25, 0.3) is 0 Å². The Hall–Kier alpha value is -12.6. The molecule has 0 aliphatic rings. The lowest BCUT2D eigenvalue weighted by Gasteiger charge is -2.08. The Balaban J connectivity index is 0.000000450. The fourth-order valence-electron chi connectivity index (χ4n) is 7.39. The quantitative estimate of drug-likeness (QED) is 0.0135. The predicted octanol–water partition coefficient (Wildman–Crippen LogP) is 11.9. The molecule has 0 aliphatic heterocycles. The van der Waals surface area contributed by atoms with Crippen molar-refractivity contribution in [1.82, 2.24) is 34.9 Å². The number of nitrogens with zero attached hydrogens (tertiary/aromatic N) is 14. The molecule has 8 aromatic rings. The van der Waals surface area contributed by atoms with Crippen LogP contribution in [0.15, 0.2) is 145 Å². The number of pyridine rings is 7. The maximum atomic E-state index is 11.4. The maximum Gasteiger partial charge on any atom is 0.339 e. The third-order valence-electron chi connectivity index (χ3n) is 12.6. The number of thioether (sulfide) groups is 6. The SMILES string of the molecule is COC(=O)c1cnc(SC)c([N+](=O)[O-])c1.COC(=O)c1cnc(SC)c([N+](=O)[O-])c1.COC(=O)c1cnc(SC)c([N+](=O)[O-])c1.COC(=O)c1cnc(SC)c([N+](=O)[O-])c1.COC(=O)c1cnc(SC)c([N+](=O)[O-])c1.COC(=O)c1cnc(SC)c([N+](=O)[O-])c1.COC(=O)c1cnc(SOc2ccccc2OC)c([N+](=O)[O-])c1. The van der Waals surface area contributed by atoms with Gasteiger partial charge in [0.15, 0.2) is 41.7 Å². The van der Waals surface area contributed by atoms with Crippen molar-refractivity contribution in [2.24, 2.45) is 0 Å². The molecule has 0 atom stereocenters. The number of esters is 7. The van der Waals surface area contributed by atoms with E-state index in [1.807, 2.05) is 0 Å². The number of hydrogen-bond donors (Lipinski definition) is 0. The van der Waals surface area contributed by atoms with E-state index in [0.717, 1.165) is 113 Å². The minimum absolute atomic E-state index is 0.00793. The fraction of sp³-hybridized carbons (Fsp3) is 0.226. The summed E-state index contributed by atoms with van der Waals surface area (Å²) in [6.45, 7) is 0. The first kappa shape index (κ1) is 96.5. The van der Waals surface area contributed by atoms with Gasteiger partial charge in [-0.05, 0) is 49.7 Å². The molecule has 0 amide bonds. The summed E-state index contributed by atoms with van der Waals surface area (Å²) in [5.74, 6) is -3.67. The van der Waals surface area contributed by atoms with E-state index >= 15 is 0 Å². The van der Waals surface area contributed by atoms with Gasteiger partial charge in [-0.2, -0.15) is 0 Å². The van der Waals surface area contributed by atoms with E-state index in [9.17, 15) is 104 Å². The van der Waals surface area contributed by atoms with Crippen molar-refractivity contribution in [1.29, 1.82) is 0 Å². The third-order valence-corrected chi connectivity index (χ3v) is 17.5. The van der Waals surface area contributed by atoms with E-state index in [0.29, 0.717) is 23.5 Å². The van der Waals surface area contributed by atoms with Crippen LogP contribution in [0.3, 0.4) is 0 Å². The maximum absolute atomic E-state index is 11.4. The van der Waals surface area contributed by atoms with Gasteiger partial charge in [0.1, 0.15) is 12.0 Å². The zero-order chi connectivity index (χ0) is 85.4. The predicted molar refractivity (Wildman–Crippen MR) is 406 cm³/mol. The van der Waals surface area contributed by atoms with Crippen LogP contribution >= 0.6 is 82.6 Å².